The molecule has 4 aromatic rings. The number of nitrogens with zero attached hydrogens (tertiary/aromatic N) is 3. The van der Waals surface area contributed by atoms with Crippen molar-refractivity contribution in [2.24, 2.45) is 0 Å². The van der Waals surface area contributed by atoms with E-state index in [0.717, 1.165) is 10.9 Å². The minimum absolute atomic E-state index is 0.119. The Morgan fingerprint density at radius 3 is 2.53 bits per heavy atom. The molecule has 0 bridgehead atoms. The van der Waals surface area contributed by atoms with Gasteiger partial charge in [0.25, 0.3) is 5.91 Å². The molecule has 1 N–H and O–H groups in total. The number of anilines is 1. The average molecular weight is 493 g/mol. The predicted octanol–water partition coefficient (Wildman–Crippen LogP) is 4.84. The van der Waals surface area contributed by atoms with E-state index in [1.165, 1.54) is 11.0 Å². The Balaban J connectivity index is 1.50. The van der Waals surface area contributed by atoms with Gasteiger partial charge in [0.2, 0.25) is 5.91 Å². The molecule has 36 heavy (non-hydrogen) atoms. The van der Waals surface area contributed by atoms with Crippen LogP contribution in [0.1, 0.15) is 30.5 Å². The van der Waals surface area contributed by atoms with Gasteiger partial charge >= 0.3 is 5.92 Å². The van der Waals surface area contributed by atoms with Gasteiger partial charge in [0, 0.05) is 30.0 Å². The van der Waals surface area contributed by atoms with Gasteiger partial charge in [-0.25, -0.2) is 4.39 Å². The Hall–Kier alpha value is -4.14. The number of benzene rings is 3. The molecule has 3 aromatic carbocycles. The van der Waals surface area contributed by atoms with Crippen LogP contribution in [0.3, 0.4) is 0 Å². The topological polar surface area (TPSA) is 67.2 Å². The standard InChI is InChI=1S/C27H23F3N4O2/c1-27(29,30)26(36)32-22-14-24(35)34(25(22)17-7-3-2-4-8-17)20-11-12-23-19(13-20)15-31-33(23)16-18-9-5-6-10-21(18)28/h2-13,15,22,25H,14,16H2,1H3,(H,32,36)/t22-,25?/m0/s1. The van der Waals surface area contributed by atoms with Gasteiger partial charge in [-0.3, -0.25) is 14.3 Å². The third-order valence-corrected chi connectivity index (χ3v) is 6.36. The molecular formula is C27H23F3N4O2. The van der Waals surface area contributed by atoms with Crippen LogP contribution >= 0.6 is 0 Å². The van der Waals surface area contributed by atoms with Crippen LogP contribution in [-0.4, -0.2) is 33.6 Å². The van der Waals surface area contributed by atoms with Gasteiger partial charge in [0.15, 0.2) is 0 Å². The number of carbonyl (C=O) groups is 2. The molecule has 1 unspecified atom stereocenters. The molecule has 1 aromatic heterocycles. The minimum Gasteiger partial charge on any atom is -0.345 e. The molecule has 5 rings (SSSR count). The number of amides is 2. The van der Waals surface area contributed by atoms with Gasteiger partial charge < -0.3 is 10.2 Å². The maximum Gasteiger partial charge on any atom is 0.321 e. The first kappa shape index (κ1) is 23.6. The van der Waals surface area contributed by atoms with Crippen molar-refractivity contribution in [3.63, 3.8) is 0 Å². The number of nitrogens with one attached hydrogen (secondary N) is 1. The summed E-state index contributed by atoms with van der Waals surface area (Å²) < 4.78 is 43.1. The normalized spacial score (nSPS) is 18.1. The van der Waals surface area contributed by atoms with Crippen LogP contribution in [0.2, 0.25) is 0 Å². The lowest BCUT2D eigenvalue weighted by atomic mass is 9.99. The van der Waals surface area contributed by atoms with Gasteiger partial charge in [-0.15, -0.1) is 0 Å². The van der Waals surface area contributed by atoms with Crippen molar-refractivity contribution in [3.05, 3.63) is 95.9 Å². The van der Waals surface area contributed by atoms with Crippen LogP contribution in [-0.2, 0) is 16.1 Å². The van der Waals surface area contributed by atoms with Crippen LogP contribution in [0, 0.1) is 5.82 Å². The van der Waals surface area contributed by atoms with Crippen molar-refractivity contribution >= 4 is 28.4 Å². The highest BCUT2D eigenvalue weighted by Crippen LogP contribution is 2.38. The first-order valence-electron chi connectivity index (χ1n) is 11.5. The Labute approximate surface area is 205 Å². The molecule has 6 nitrogen and oxygen atoms in total. The van der Waals surface area contributed by atoms with Gasteiger partial charge in [0.05, 0.1) is 30.3 Å². The molecule has 184 valence electrons. The third kappa shape index (κ3) is 4.44. The smallest absolute Gasteiger partial charge is 0.321 e. The summed E-state index contributed by atoms with van der Waals surface area (Å²) in [4.78, 5) is 26.7. The van der Waals surface area contributed by atoms with Crippen LogP contribution in [0.25, 0.3) is 10.9 Å². The molecule has 0 radical (unpaired) electrons. The van der Waals surface area contributed by atoms with Crippen molar-refractivity contribution in [2.75, 3.05) is 4.90 Å². The van der Waals surface area contributed by atoms with E-state index in [4.69, 9.17) is 0 Å². The first-order chi connectivity index (χ1) is 17.2. The number of halogens is 3. The highest BCUT2D eigenvalue weighted by molar-refractivity contribution is 6.00. The van der Waals surface area contributed by atoms with Crippen molar-refractivity contribution in [3.8, 4) is 0 Å². The molecule has 1 fully saturated rings. The first-order valence-corrected chi connectivity index (χ1v) is 11.5. The van der Waals surface area contributed by atoms with E-state index in [2.05, 4.69) is 10.4 Å². The van der Waals surface area contributed by atoms with E-state index in [1.54, 1.807) is 71.5 Å². The largest absolute Gasteiger partial charge is 0.345 e. The summed E-state index contributed by atoms with van der Waals surface area (Å²) in [6.45, 7) is 0.769. The highest BCUT2D eigenvalue weighted by atomic mass is 19.3. The quantitative estimate of drug-likeness (QED) is 0.419. The van der Waals surface area contributed by atoms with Crippen LogP contribution in [0.15, 0.2) is 79.0 Å². The summed E-state index contributed by atoms with van der Waals surface area (Å²) in [6.07, 6.45) is 1.51. The molecular weight excluding hydrogens is 469 g/mol. The summed E-state index contributed by atoms with van der Waals surface area (Å²) >= 11 is 0. The molecule has 9 heteroatoms. The van der Waals surface area contributed by atoms with E-state index in [0.29, 0.717) is 23.7 Å². The molecule has 1 aliphatic rings. The number of rotatable bonds is 6. The lowest BCUT2D eigenvalue weighted by Crippen LogP contribution is -2.46. The Morgan fingerprint density at radius 2 is 1.81 bits per heavy atom. The fourth-order valence-electron chi connectivity index (χ4n) is 4.63. The van der Waals surface area contributed by atoms with E-state index in [1.807, 2.05) is 6.07 Å². The molecule has 2 atom stereocenters. The molecule has 0 aliphatic carbocycles. The maximum absolute atomic E-state index is 14.1. The van der Waals surface area contributed by atoms with E-state index >= 15 is 0 Å². The van der Waals surface area contributed by atoms with E-state index in [-0.39, 0.29) is 24.7 Å². The number of fused-ring (bicyclic) bond motifs is 1. The maximum atomic E-state index is 14.1. The molecule has 2 amide bonds. The van der Waals surface area contributed by atoms with Crippen LogP contribution < -0.4 is 10.2 Å². The number of alkyl halides is 2. The molecule has 2 heterocycles. The van der Waals surface area contributed by atoms with Crippen molar-refractivity contribution in [2.45, 2.75) is 37.9 Å². The van der Waals surface area contributed by atoms with Gasteiger partial charge in [-0.05, 0) is 29.8 Å². The summed E-state index contributed by atoms with van der Waals surface area (Å²) in [6, 6.07) is 19.3. The highest BCUT2D eigenvalue weighted by Gasteiger charge is 2.45. The molecule has 0 saturated carbocycles. The number of hydrogen-bond acceptors (Lipinski definition) is 3. The SMILES string of the molecule is CC(F)(F)C(=O)N[C@H]1CC(=O)N(c2ccc3c(cnn3Cc3ccccc3F)c2)C1c1ccccc1. The van der Waals surface area contributed by atoms with Crippen molar-refractivity contribution in [1.82, 2.24) is 15.1 Å². The molecule has 1 aliphatic heterocycles. The van der Waals surface area contributed by atoms with E-state index < -0.39 is 23.9 Å². The summed E-state index contributed by atoms with van der Waals surface area (Å²) in [5, 5.41) is 7.48. The fraction of sp³-hybridized carbons (Fsp3) is 0.222. The predicted molar refractivity (Wildman–Crippen MR) is 129 cm³/mol. The average Bonchev–Trinajstić information content (AvgIpc) is 3.40. The zero-order valence-electron chi connectivity index (χ0n) is 19.4. The third-order valence-electron chi connectivity index (χ3n) is 6.36. The molecule has 1 saturated heterocycles. The summed E-state index contributed by atoms with van der Waals surface area (Å²) in [5.41, 5.74) is 2.51. The van der Waals surface area contributed by atoms with Gasteiger partial charge in [0.1, 0.15) is 5.82 Å². The van der Waals surface area contributed by atoms with Crippen LogP contribution in [0.4, 0.5) is 18.9 Å². The number of aromatic nitrogens is 2. The lowest BCUT2D eigenvalue weighted by molar-refractivity contribution is -0.143. The van der Waals surface area contributed by atoms with Gasteiger partial charge in [-0.2, -0.15) is 13.9 Å². The zero-order valence-corrected chi connectivity index (χ0v) is 19.4. The fourth-order valence-corrected chi connectivity index (χ4v) is 4.63. The van der Waals surface area contributed by atoms with Crippen LogP contribution in [0.5, 0.6) is 0 Å². The lowest BCUT2D eigenvalue weighted by Gasteiger charge is -2.29. The van der Waals surface area contributed by atoms with Crippen molar-refractivity contribution in [1.29, 1.82) is 0 Å². The Bertz CT molecular complexity index is 1430. The zero-order chi connectivity index (χ0) is 25.4. The van der Waals surface area contributed by atoms with Gasteiger partial charge in [-0.1, -0.05) is 48.5 Å². The second-order valence-corrected chi connectivity index (χ2v) is 8.93. The second kappa shape index (κ2) is 9.14. The summed E-state index contributed by atoms with van der Waals surface area (Å²) in [7, 11) is 0. The van der Waals surface area contributed by atoms with E-state index in [9.17, 15) is 22.8 Å². The Kier molecular flexibility index (Phi) is 5.99. The van der Waals surface area contributed by atoms with Crippen molar-refractivity contribution < 1.29 is 22.8 Å². The second-order valence-electron chi connectivity index (χ2n) is 8.93. The minimum atomic E-state index is -3.57. The number of hydrogen-bond donors (Lipinski definition) is 1. The number of carbonyl (C=O) groups excluding carboxylic acids is 2. The molecule has 0 spiro atoms. The summed E-state index contributed by atoms with van der Waals surface area (Å²) in [5.74, 6) is -5.61. The Morgan fingerprint density at radius 1 is 1.08 bits per heavy atom. The monoisotopic (exact) mass is 492 g/mol.